The smallest absolute Gasteiger partial charge is 0.244 e. The summed E-state index contributed by atoms with van der Waals surface area (Å²) in [5.74, 6) is -1.31. The van der Waals surface area contributed by atoms with Gasteiger partial charge in [-0.1, -0.05) is 26.0 Å². The summed E-state index contributed by atoms with van der Waals surface area (Å²) in [4.78, 5) is 38.7. The topological polar surface area (TPSA) is 98.7 Å². The molecule has 2 atom stereocenters. The first-order chi connectivity index (χ1) is 12.3. The predicted molar refractivity (Wildman–Crippen MR) is 99.3 cm³/mol. The minimum atomic E-state index is -0.592. The summed E-state index contributed by atoms with van der Waals surface area (Å²) in [5.41, 5.74) is 1.59. The van der Waals surface area contributed by atoms with Crippen LogP contribution in [0.1, 0.15) is 58.8 Å². The maximum absolute atomic E-state index is 12.8. The number of hydrogen-bond acceptors (Lipinski definition) is 4. The molecule has 1 rings (SSSR count). The molecule has 3 amide bonds. The van der Waals surface area contributed by atoms with Gasteiger partial charge in [-0.15, -0.1) is 0 Å². The van der Waals surface area contributed by atoms with Gasteiger partial charge in [-0.05, 0) is 44.4 Å². The Morgan fingerprint density at radius 3 is 2.58 bits per heavy atom. The number of likely N-dealkylation sites (N-methyl/N-ethyl adjacent to an activating group) is 1. The largest absolute Gasteiger partial charge is 0.344 e. The molecule has 0 radical (unpaired) electrons. The number of hydroxylamine groups is 1. The molecule has 0 aromatic rings. The summed E-state index contributed by atoms with van der Waals surface area (Å²) in [6.45, 7) is 4.66. The van der Waals surface area contributed by atoms with Gasteiger partial charge in [0.25, 0.3) is 0 Å². The minimum absolute atomic E-state index is 0.0928. The minimum Gasteiger partial charge on any atom is -0.344 e. The van der Waals surface area contributed by atoms with Gasteiger partial charge in [0.1, 0.15) is 6.04 Å². The van der Waals surface area contributed by atoms with E-state index in [1.165, 1.54) is 0 Å². The average Bonchev–Trinajstić information content (AvgIpc) is 2.59. The van der Waals surface area contributed by atoms with E-state index < -0.39 is 17.9 Å². The second kappa shape index (κ2) is 11.7. The van der Waals surface area contributed by atoms with E-state index in [0.717, 1.165) is 25.7 Å². The summed E-state index contributed by atoms with van der Waals surface area (Å²) in [6.07, 6.45) is 8.59. The Hall–Kier alpha value is -1.89. The lowest BCUT2D eigenvalue weighted by Crippen LogP contribution is -2.50. The number of nitrogens with zero attached hydrogens (tertiary/aromatic N) is 1. The Labute approximate surface area is 156 Å². The highest BCUT2D eigenvalue weighted by atomic mass is 16.5. The number of nitrogens with one attached hydrogen (secondary N) is 2. The van der Waals surface area contributed by atoms with Crippen LogP contribution in [0, 0.1) is 11.8 Å². The molecule has 0 fully saturated rings. The number of carbonyl (C=O) groups excluding carboxylic acids is 3. The van der Waals surface area contributed by atoms with Crippen molar-refractivity contribution in [3.05, 3.63) is 12.2 Å². The molecule has 1 aliphatic rings. The standard InChI is InChI=1S/C19H33N3O4/c1-14(2)12-16-19(25)22(3)11-9-7-5-4-6-8-10-15(18(24)20-16)13-17(23)21-26/h4-5,14-16,26H,6-13H2,1-3H3,(H,20,24)(H,21,23). The number of hydrogen-bond donors (Lipinski definition) is 3. The van der Waals surface area contributed by atoms with E-state index in [-0.39, 0.29) is 24.2 Å². The molecule has 7 heteroatoms. The van der Waals surface area contributed by atoms with E-state index in [9.17, 15) is 14.4 Å². The lowest BCUT2D eigenvalue weighted by molar-refractivity contribution is -0.138. The molecule has 0 saturated carbocycles. The van der Waals surface area contributed by atoms with Crippen LogP contribution >= 0.6 is 0 Å². The fourth-order valence-corrected chi connectivity index (χ4v) is 3.12. The van der Waals surface area contributed by atoms with Crippen molar-refractivity contribution in [2.75, 3.05) is 13.6 Å². The summed E-state index contributed by atoms with van der Waals surface area (Å²) in [6, 6.07) is -0.592. The van der Waals surface area contributed by atoms with E-state index in [1.807, 2.05) is 13.8 Å². The third-order valence-electron chi connectivity index (χ3n) is 4.58. The first-order valence-electron chi connectivity index (χ1n) is 9.48. The highest BCUT2D eigenvalue weighted by molar-refractivity contribution is 5.90. The van der Waals surface area contributed by atoms with Gasteiger partial charge < -0.3 is 10.2 Å². The van der Waals surface area contributed by atoms with E-state index in [1.54, 1.807) is 17.4 Å². The second-order valence-corrected chi connectivity index (χ2v) is 7.43. The van der Waals surface area contributed by atoms with Gasteiger partial charge >= 0.3 is 0 Å². The van der Waals surface area contributed by atoms with Crippen LogP contribution in [0.5, 0.6) is 0 Å². The molecule has 0 aromatic heterocycles. The Bertz CT molecular complexity index is 505. The second-order valence-electron chi connectivity index (χ2n) is 7.43. The lowest BCUT2D eigenvalue weighted by atomic mass is 9.95. The number of amides is 3. The van der Waals surface area contributed by atoms with Crippen molar-refractivity contribution in [1.82, 2.24) is 15.7 Å². The predicted octanol–water partition coefficient (Wildman–Crippen LogP) is 2.01. The molecular formula is C19H33N3O4. The Balaban J connectivity index is 2.96. The van der Waals surface area contributed by atoms with E-state index in [2.05, 4.69) is 17.5 Å². The van der Waals surface area contributed by atoms with Crippen molar-refractivity contribution in [3.63, 3.8) is 0 Å². The molecule has 1 aliphatic heterocycles. The Morgan fingerprint density at radius 1 is 1.31 bits per heavy atom. The van der Waals surface area contributed by atoms with Crippen LogP contribution < -0.4 is 10.8 Å². The third-order valence-corrected chi connectivity index (χ3v) is 4.58. The molecule has 0 bridgehead atoms. The van der Waals surface area contributed by atoms with Gasteiger partial charge in [-0.3, -0.25) is 19.6 Å². The maximum atomic E-state index is 12.8. The summed E-state index contributed by atoms with van der Waals surface area (Å²) in [7, 11) is 1.76. The normalized spacial score (nSPS) is 23.5. The first kappa shape index (κ1) is 22.2. The van der Waals surface area contributed by atoms with Crippen LogP contribution in [-0.4, -0.2) is 47.5 Å². The van der Waals surface area contributed by atoms with E-state index in [0.29, 0.717) is 19.4 Å². The highest BCUT2D eigenvalue weighted by Gasteiger charge is 2.29. The van der Waals surface area contributed by atoms with Crippen LogP contribution in [0.3, 0.4) is 0 Å². The zero-order valence-corrected chi connectivity index (χ0v) is 16.2. The number of carbonyl (C=O) groups is 3. The SMILES string of the molecule is CC(C)CC1NC(=O)C(CC(=O)NO)CCCC=CCCCN(C)C1=O. The fourth-order valence-electron chi connectivity index (χ4n) is 3.12. The fraction of sp³-hybridized carbons (Fsp3) is 0.737. The van der Waals surface area contributed by atoms with Crippen molar-refractivity contribution in [1.29, 1.82) is 0 Å². The van der Waals surface area contributed by atoms with Crippen LogP contribution in [0.15, 0.2) is 12.2 Å². The van der Waals surface area contributed by atoms with Crippen molar-refractivity contribution in [2.45, 2.75) is 64.8 Å². The molecule has 0 saturated heterocycles. The quantitative estimate of drug-likeness (QED) is 0.402. The summed E-state index contributed by atoms with van der Waals surface area (Å²) in [5, 5.41) is 11.6. The van der Waals surface area contributed by atoms with Gasteiger partial charge in [0.05, 0.1) is 0 Å². The van der Waals surface area contributed by atoms with E-state index >= 15 is 0 Å². The van der Waals surface area contributed by atoms with Gasteiger partial charge in [0, 0.05) is 25.9 Å². The van der Waals surface area contributed by atoms with Gasteiger partial charge in [0.2, 0.25) is 17.7 Å². The summed E-state index contributed by atoms with van der Waals surface area (Å²) < 4.78 is 0. The molecule has 0 aliphatic carbocycles. The van der Waals surface area contributed by atoms with Gasteiger partial charge in [-0.25, -0.2) is 5.48 Å². The van der Waals surface area contributed by atoms with Crippen molar-refractivity contribution in [2.24, 2.45) is 11.8 Å². The molecule has 2 unspecified atom stereocenters. The van der Waals surface area contributed by atoms with Crippen molar-refractivity contribution < 1.29 is 19.6 Å². The lowest BCUT2D eigenvalue weighted by Gasteiger charge is -2.27. The van der Waals surface area contributed by atoms with Crippen LogP contribution in [0.2, 0.25) is 0 Å². The van der Waals surface area contributed by atoms with Crippen LogP contribution in [0.4, 0.5) is 0 Å². The molecule has 1 heterocycles. The molecule has 148 valence electrons. The highest BCUT2D eigenvalue weighted by Crippen LogP contribution is 2.16. The average molecular weight is 367 g/mol. The van der Waals surface area contributed by atoms with Crippen molar-refractivity contribution in [3.8, 4) is 0 Å². The Kier molecular flexibility index (Phi) is 9.95. The zero-order chi connectivity index (χ0) is 19.5. The maximum Gasteiger partial charge on any atom is 0.244 e. The summed E-state index contributed by atoms with van der Waals surface area (Å²) >= 11 is 0. The number of rotatable bonds is 4. The van der Waals surface area contributed by atoms with Crippen LogP contribution in [0.25, 0.3) is 0 Å². The monoisotopic (exact) mass is 367 g/mol. The molecule has 0 aromatic carbocycles. The van der Waals surface area contributed by atoms with Crippen LogP contribution in [-0.2, 0) is 14.4 Å². The molecule has 26 heavy (non-hydrogen) atoms. The van der Waals surface area contributed by atoms with E-state index in [4.69, 9.17) is 5.21 Å². The molecule has 3 N–H and O–H groups in total. The van der Waals surface area contributed by atoms with Crippen molar-refractivity contribution >= 4 is 17.7 Å². The Morgan fingerprint density at radius 2 is 1.96 bits per heavy atom. The first-order valence-corrected chi connectivity index (χ1v) is 9.48. The zero-order valence-electron chi connectivity index (χ0n) is 16.2. The third kappa shape index (κ3) is 7.99. The number of allylic oxidation sites excluding steroid dienone is 2. The molecule has 0 spiro atoms. The molecular weight excluding hydrogens is 334 g/mol. The molecule has 7 nitrogen and oxygen atoms in total. The van der Waals surface area contributed by atoms with Gasteiger partial charge in [0.15, 0.2) is 0 Å². The van der Waals surface area contributed by atoms with Gasteiger partial charge in [-0.2, -0.15) is 0 Å².